The van der Waals surface area contributed by atoms with Crippen molar-refractivity contribution in [2.75, 3.05) is 24.6 Å². The Balaban J connectivity index is 1.57. The van der Waals surface area contributed by atoms with Gasteiger partial charge in [-0.25, -0.2) is 0 Å². The highest BCUT2D eigenvalue weighted by atomic mass is 16.3. The van der Waals surface area contributed by atoms with Crippen LogP contribution >= 0.6 is 0 Å². The summed E-state index contributed by atoms with van der Waals surface area (Å²) in [5, 5.41) is 25.6. The fourth-order valence-electron chi connectivity index (χ4n) is 3.37. The lowest BCUT2D eigenvalue weighted by atomic mass is 9.81. The first kappa shape index (κ1) is 14.1. The van der Waals surface area contributed by atoms with Gasteiger partial charge in [0, 0.05) is 25.6 Å². The number of tetrazole rings is 1. The van der Waals surface area contributed by atoms with Gasteiger partial charge in [0.05, 0.1) is 0 Å². The molecule has 2 atom stereocenters. The van der Waals surface area contributed by atoms with Gasteiger partial charge >= 0.3 is 0 Å². The van der Waals surface area contributed by atoms with E-state index in [2.05, 4.69) is 49.8 Å². The molecule has 1 aliphatic heterocycles. The second-order valence-corrected chi connectivity index (χ2v) is 5.91. The highest BCUT2D eigenvalue weighted by Crippen LogP contribution is 2.34. The molecule has 1 aromatic carbocycles. The standard InChI is InChI=1S/C16H18N6O/c23-11-13-10-21(9-8-14(13)12-4-2-1-3-5-12)16-7-6-15-17-19-20-22(15)18-16/h1-7,13-14,23H,8-11H2/t13-,14+/m1/s1. The van der Waals surface area contributed by atoms with Crippen molar-refractivity contribution in [2.45, 2.75) is 12.3 Å². The molecule has 4 rings (SSSR count). The molecule has 0 radical (unpaired) electrons. The van der Waals surface area contributed by atoms with Crippen molar-refractivity contribution >= 4 is 11.5 Å². The third-order valence-corrected chi connectivity index (χ3v) is 4.58. The number of aliphatic hydroxyl groups is 1. The molecule has 7 nitrogen and oxygen atoms in total. The van der Waals surface area contributed by atoms with E-state index >= 15 is 0 Å². The third-order valence-electron chi connectivity index (χ3n) is 4.58. The summed E-state index contributed by atoms with van der Waals surface area (Å²) in [6.07, 6.45) is 0.991. The molecule has 0 amide bonds. The number of nitrogens with zero attached hydrogens (tertiary/aromatic N) is 6. The van der Waals surface area contributed by atoms with E-state index in [9.17, 15) is 5.11 Å². The Morgan fingerprint density at radius 1 is 1.13 bits per heavy atom. The Hall–Kier alpha value is -2.54. The summed E-state index contributed by atoms with van der Waals surface area (Å²) < 4.78 is 1.44. The van der Waals surface area contributed by atoms with E-state index in [1.54, 1.807) is 0 Å². The molecule has 1 aliphatic rings. The monoisotopic (exact) mass is 310 g/mol. The number of benzene rings is 1. The van der Waals surface area contributed by atoms with E-state index < -0.39 is 0 Å². The van der Waals surface area contributed by atoms with Gasteiger partial charge in [-0.2, -0.15) is 0 Å². The maximum atomic E-state index is 9.84. The zero-order valence-corrected chi connectivity index (χ0v) is 12.7. The molecular weight excluding hydrogens is 292 g/mol. The van der Waals surface area contributed by atoms with Gasteiger partial charge in [0.15, 0.2) is 11.5 Å². The number of aromatic nitrogens is 5. The lowest BCUT2D eigenvalue weighted by molar-refractivity contribution is 0.189. The molecule has 3 heterocycles. The molecule has 0 spiro atoms. The minimum Gasteiger partial charge on any atom is -0.396 e. The SMILES string of the molecule is OC[C@H]1CN(c2ccc3nnnn3n2)CC[C@H]1c1ccccc1. The number of aliphatic hydroxyl groups excluding tert-OH is 1. The summed E-state index contributed by atoms with van der Waals surface area (Å²) in [4.78, 5) is 2.20. The lowest BCUT2D eigenvalue weighted by Crippen LogP contribution is -2.41. The average Bonchev–Trinajstić information content (AvgIpc) is 3.09. The van der Waals surface area contributed by atoms with Gasteiger partial charge in [-0.15, -0.1) is 14.8 Å². The van der Waals surface area contributed by atoms with Crippen LogP contribution in [-0.4, -0.2) is 50.1 Å². The first-order valence-corrected chi connectivity index (χ1v) is 7.81. The summed E-state index contributed by atoms with van der Waals surface area (Å²) in [6, 6.07) is 14.2. The Morgan fingerprint density at radius 3 is 2.83 bits per heavy atom. The van der Waals surface area contributed by atoms with Gasteiger partial charge in [-0.05, 0) is 40.5 Å². The van der Waals surface area contributed by atoms with E-state index in [4.69, 9.17) is 0 Å². The molecule has 2 aromatic heterocycles. The van der Waals surface area contributed by atoms with E-state index in [0.29, 0.717) is 11.6 Å². The van der Waals surface area contributed by atoms with Crippen LogP contribution in [0.2, 0.25) is 0 Å². The molecule has 7 heteroatoms. The minimum atomic E-state index is 0.170. The van der Waals surface area contributed by atoms with Crippen molar-refractivity contribution in [3.8, 4) is 0 Å². The molecule has 1 N–H and O–H groups in total. The van der Waals surface area contributed by atoms with Gasteiger partial charge in [0.25, 0.3) is 0 Å². The van der Waals surface area contributed by atoms with E-state index in [1.165, 1.54) is 10.2 Å². The number of piperidine rings is 1. The second-order valence-electron chi connectivity index (χ2n) is 5.91. The van der Waals surface area contributed by atoms with Crippen LogP contribution in [0.3, 0.4) is 0 Å². The Morgan fingerprint density at radius 2 is 2.00 bits per heavy atom. The van der Waals surface area contributed by atoms with Gasteiger partial charge in [0.1, 0.15) is 0 Å². The van der Waals surface area contributed by atoms with Crippen LogP contribution in [0.25, 0.3) is 5.65 Å². The Bertz CT molecular complexity index is 789. The van der Waals surface area contributed by atoms with Crippen LogP contribution < -0.4 is 4.90 Å². The Kier molecular flexibility index (Phi) is 3.63. The molecule has 1 saturated heterocycles. The summed E-state index contributed by atoms with van der Waals surface area (Å²) in [6.45, 7) is 1.84. The number of hydrogen-bond acceptors (Lipinski definition) is 6. The first-order valence-electron chi connectivity index (χ1n) is 7.81. The highest BCUT2D eigenvalue weighted by Gasteiger charge is 2.30. The summed E-state index contributed by atoms with van der Waals surface area (Å²) >= 11 is 0. The quantitative estimate of drug-likeness (QED) is 0.781. The number of anilines is 1. The van der Waals surface area contributed by atoms with Crippen LogP contribution in [0.1, 0.15) is 17.9 Å². The van der Waals surface area contributed by atoms with Crippen molar-refractivity contribution in [2.24, 2.45) is 5.92 Å². The molecule has 0 saturated carbocycles. The third kappa shape index (κ3) is 2.63. The number of rotatable bonds is 3. The van der Waals surface area contributed by atoms with Crippen molar-refractivity contribution in [3.63, 3.8) is 0 Å². The second kappa shape index (κ2) is 5.92. The molecule has 0 bridgehead atoms. The summed E-state index contributed by atoms with van der Waals surface area (Å²) in [5.41, 5.74) is 1.93. The maximum absolute atomic E-state index is 9.84. The van der Waals surface area contributed by atoms with Crippen molar-refractivity contribution in [1.29, 1.82) is 0 Å². The zero-order valence-electron chi connectivity index (χ0n) is 12.7. The number of fused-ring (bicyclic) bond motifs is 1. The van der Waals surface area contributed by atoms with Crippen molar-refractivity contribution in [3.05, 3.63) is 48.0 Å². The number of hydrogen-bond donors (Lipinski definition) is 1. The maximum Gasteiger partial charge on any atom is 0.200 e. The summed E-state index contributed by atoms with van der Waals surface area (Å²) in [7, 11) is 0. The predicted octanol–water partition coefficient (Wildman–Crippen LogP) is 1.12. The normalized spacial score (nSPS) is 21.7. The molecule has 0 unspecified atom stereocenters. The van der Waals surface area contributed by atoms with Crippen LogP contribution in [0.4, 0.5) is 5.82 Å². The van der Waals surface area contributed by atoms with Crippen LogP contribution in [0.5, 0.6) is 0 Å². The fourth-order valence-corrected chi connectivity index (χ4v) is 3.37. The van der Waals surface area contributed by atoms with Crippen molar-refractivity contribution in [1.82, 2.24) is 25.3 Å². The molecule has 118 valence electrons. The summed E-state index contributed by atoms with van der Waals surface area (Å²) in [5.74, 6) is 1.42. The highest BCUT2D eigenvalue weighted by molar-refractivity contribution is 5.45. The van der Waals surface area contributed by atoms with Gasteiger partial charge in [0.2, 0.25) is 0 Å². The first-order chi connectivity index (χ1) is 11.3. The van der Waals surface area contributed by atoms with Crippen molar-refractivity contribution < 1.29 is 5.11 Å². The van der Waals surface area contributed by atoms with Crippen LogP contribution in [-0.2, 0) is 0 Å². The van der Waals surface area contributed by atoms with Gasteiger partial charge < -0.3 is 10.0 Å². The minimum absolute atomic E-state index is 0.170. The van der Waals surface area contributed by atoms with Crippen LogP contribution in [0, 0.1) is 5.92 Å². The largest absolute Gasteiger partial charge is 0.396 e. The molecule has 0 aliphatic carbocycles. The zero-order chi connectivity index (χ0) is 15.6. The van der Waals surface area contributed by atoms with E-state index in [1.807, 2.05) is 18.2 Å². The fraction of sp³-hybridized carbons (Fsp3) is 0.375. The molecule has 23 heavy (non-hydrogen) atoms. The molecular formula is C16H18N6O. The van der Waals surface area contributed by atoms with E-state index in [0.717, 1.165) is 25.3 Å². The van der Waals surface area contributed by atoms with Gasteiger partial charge in [-0.3, -0.25) is 0 Å². The smallest absolute Gasteiger partial charge is 0.200 e. The van der Waals surface area contributed by atoms with Gasteiger partial charge in [-0.1, -0.05) is 30.3 Å². The predicted molar refractivity (Wildman–Crippen MR) is 85.2 cm³/mol. The molecule has 1 fully saturated rings. The van der Waals surface area contributed by atoms with Crippen LogP contribution in [0.15, 0.2) is 42.5 Å². The van der Waals surface area contributed by atoms with E-state index in [-0.39, 0.29) is 12.5 Å². The topological polar surface area (TPSA) is 79.4 Å². The Labute approximate surface area is 133 Å². The molecule has 3 aromatic rings. The lowest BCUT2D eigenvalue weighted by Gasteiger charge is -2.38. The average molecular weight is 310 g/mol.